The minimum absolute atomic E-state index is 0.0803. The van der Waals surface area contributed by atoms with Crippen molar-refractivity contribution in [2.75, 3.05) is 7.05 Å². The highest BCUT2D eigenvalue weighted by Gasteiger charge is 2.13. The molecule has 0 saturated heterocycles. The number of fused-ring (bicyclic) bond motifs is 1. The molecule has 5 nitrogen and oxygen atoms in total. The zero-order valence-electron chi connectivity index (χ0n) is 16.4. The van der Waals surface area contributed by atoms with Crippen molar-refractivity contribution in [1.82, 2.24) is 19.9 Å². The van der Waals surface area contributed by atoms with Crippen molar-refractivity contribution in [3.8, 4) is 0 Å². The average molecular weight is 403 g/mol. The third-order valence-electron chi connectivity index (χ3n) is 4.92. The first-order valence-electron chi connectivity index (χ1n) is 9.44. The van der Waals surface area contributed by atoms with Crippen LogP contribution in [0.5, 0.6) is 0 Å². The molecule has 2 aromatic carbocycles. The number of amides is 1. The maximum absolute atomic E-state index is 11.8. The second-order valence-electron chi connectivity index (χ2n) is 6.84. The Morgan fingerprint density at radius 1 is 1.10 bits per heavy atom. The Labute approximate surface area is 174 Å². The lowest BCUT2D eigenvalue weighted by molar-refractivity contribution is 0.0963. The number of nitrogens with one attached hydrogen (secondary N) is 1. The summed E-state index contributed by atoms with van der Waals surface area (Å²) in [6, 6.07) is 18.1. The predicted molar refractivity (Wildman–Crippen MR) is 117 cm³/mol. The van der Waals surface area contributed by atoms with Gasteiger partial charge in [0.05, 0.1) is 23.8 Å². The fourth-order valence-electron chi connectivity index (χ4n) is 3.21. The Kier molecular flexibility index (Phi) is 5.62. The van der Waals surface area contributed by atoms with Gasteiger partial charge in [0.15, 0.2) is 5.16 Å². The number of imidazole rings is 1. The first kappa shape index (κ1) is 19.2. The van der Waals surface area contributed by atoms with E-state index in [-0.39, 0.29) is 5.91 Å². The smallest absolute Gasteiger partial charge is 0.251 e. The molecule has 0 atom stereocenters. The van der Waals surface area contributed by atoms with E-state index in [0.717, 1.165) is 27.5 Å². The summed E-state index contributed by atoms with van der Waals surface area (Å²) in [4.78, 5) is 20.9. The van der Waals surface area contributed by atoms with Gasteiger partial charge in [-0.15, -0.1) is 0 Å². The summed E-state index contributed by atoms with van der Waals surface area (Å²) < 4.78 is 2.19. The minimum atomic E-state index is -0.0803. The molecule has 1 amide bonds. The molecule has 29 heavy (non-hydrogen) atoms. The van der Waals surface area contributed by atoms with Crippen LogP contribution in [0.1, 0.15) is 27.0 Å². The quantitative estimate of drug-likeness (QED) is 0.485. The lowest BCUT2D eigenvalue weighted by Crippen LogP contribution is -2.17. The van der Waals surface area contributed by atoms with Gasteiger partial charge < -0.3 is 9.88 Å². The molecule has 1 N–H and O–H groups in total. The fraction of sp³-hybridized carbons (Fsp3) is 0.174. The summed E-state index contributed by atoms with van der Waals surface area (Å²) in [7, 11) is 1.64. The largest absolute Gasteiger partial charge is 0.355 e. The van der Waals surface area contributed by atoms with Gasteiger partial charge in [-0.25, -0.2) is 4.98 Å². The number of aromatic nitrogens is 3. The maximum Gasteiger partial charge on any atom is 0.251 e. The molecular formula is C23H22N4OS. The number of nitrogens with zero attached hydrogens (tertiary/aromatic N) is 3. The Morgan fingerprint density at radius 2 is 1.90 bits per heavy atom. The van der Waals surface area contributed by atoms with Gasteiger partial charge in [0.25, 0.3) is 5.91 Å². The number of pyridine rings is 1. The summed E-state index contributed by atoms with van der Waals surface area (Å²) in [5.74, 6) is 0.780. The van der Waals surface area contributed by atoms with Crippen molar-refractivity contribution < 1.29 is 4.79 Å². The molecule has 0 unspecified atom stereocenters. The second kappa shape index (κ2) is 8.49. The predicted octanol–water partition coefficient (Wildman–Crippen LogP) is 4.44. The highest BCUT2D eigenvalue weighted by Crippen LogP contribution is 2.28. The highest BCUT2D eigenvalue weighted by atomic mass is 32.2. The topological polar surface area (TPSA) is 59.8 Å². The normalized spacial score (nSPS) is 11.0. The molecule has 4 rings (SSSR count). The number of benzene rings is 2. The minimum Gasteiger partial charge on any atom is -0.355 e. The van der Waals surface area contributed by atoms with E-state index in [1.165, 1.54) is 11.1 Å². The van der Waals surface area contributed by atoms with Crippen LogP contribution in [0.15, 0.2) is 72.1 Å². The summed E-state index contributed by atoms with van der Waals surface area (Å²) in [6.45, 7) is 2.81. The van der Waals surface area contributed by atoms with Crippen LogP contribution in [0.25, 0.3) is 11.0 Å². The number of thioether (sulfide) groups is 1. The SMILES string of the molecule is CNC(=O)c1ccc(Cn2c(SCc3ccccc3C)nc3ccncc32)cc1. The van der Waals surface area contributed by atoms with Crippen LogP contribution in [-0.4, -0.2) is 27.5 Å². The van der Waals surface area contributed by atoms with Crippen molar-refractivity contribution >= 4 is 28.7 Å². The summed E-state index contributed by atoms with van der Waals surface area (Å²) in [6.07, 6.45) is 3.63. The summed E-state index contributed by atoms with van der Waals surface area (Å²) >= 11 is 1.73. The van der Waals surface area contributed by atoms with Gasteiger partial charge in [-0.2, -0.15) is 0 Å². The second-order valence-corrected chi connectivity index (χ2v) is 7.78. The van der Waals surface area contributed by atoms with Gasteiger partial charge in [-0.3, -0.25) is 9.78 Å². The first-order valence-corrected chi connectivity index (χ1v) is 10.4. The Hall–Kier alpha value is -3.12. The lowest BCUT2D eigenvalue weighted by atomic mass is 10.1. The molecule has 0 aliphatic heterocycles. The van der Waals surface area contributed by atoms with E-state index >= 15 is 0 Å². The van der Waals surface area contributed by atoms with E-state index in [2.05, 4.69) is 46.1 Å². The molecule has 2 aromatic heterocycles. The maximum atomic E-state index is 11.8. The molecule has 0 fully saturated rings. The van der Waals surface area contributed by atoms with E-state index in [1.54, 1.807) is 25.0 Å². The van der Waals surface area contributed by atoms with E-state index in [0.29, 0.717) is 12.1 Å². The molecule has 4 aromatic rings. The number of carbonyl (C=O) groups excluding carboxylic acids is 1. The number of hydrogen-bond acceptors (Lipinski definition) is 4. The third kappa shape index (κ3) is 4.17. The van der Waals surface area contributed by atoms with Crippen LogP contribution >= 0.6 is 11.8 Å². The molecule has 0 bridgehead atoms. The number of aryl methyl sites for hydroxylation is 1. The Bertz CT molecular complexity index is 1150. The number of carbonyl (C=O) groups is 1. The zero-order chi connectivity index (χ0) is 20.2. The average Bonchev–Trinajstić information content (AvgIpc) is 3.10. The molecule has 0 saturated carbocycles. The van der Waals surface area contributed by atoms with E-state index in [9.17, 15) is 4.79 Å². The van der Waals surface area contributed by atoms with Crippen LogP contribution in [0.2, 0.25) is 0 Å². The van der Waals surface area contributed by atoms with E-state index < -0.39 is 0 Å². The third-order valence-corrected chi connectivity index (χ3v) is 5.94. The van der Waals surface area contributed by atoms with Crippen LogP contribution in [0, 0.1) is 6.92 Å². The molecule has 0 aliphatic rings. The van der Waals surface area contributed by atoms with Crippen LogP contribution < -0.4 is 5.32 Å². The van der Waals surface area contributed by atoms with Crippen molar-refractivity contribution in [3.63, 3.8) is 0 Å². The number of rotatable bonds is 6. The molecule has 6 heteroatoms. The van der Waals surface area contributed by atoms with E-state index in [4.69, 9.17) is 4.98 Å². The van der Waals surface area contributed by atoms with Crippen LogP contribution in [0.3, 0.4) is 0 Å². The van der Waals surface area contributed by atoms with Gasteiger partial charge >= 0.3 is 0 Å². The van der Waals surface area contributed by atoms with Gasteiger partial charge in [0.1, 0.15) is 0 Å². The monoisotopic (exact) mass is 402 g/mol. The Balaban J connectivity index is 1.63. The first-order chi connectivity index (χ1) is 14.2. The lowest BCUT2D eigenvalue weighted by Gasteiger charge is -2.10. The van der Waals surface area contributed by atoms with Crippen molar-refractivity contribution in [1.29, 1.82) is 0 Å². The molecule has 0 spiro atoms. The van der Waals surface area contributed by atoms with Crippen molar-refractivity contribution in [2.45, 2.75) is 24.4 Å². The standard InChI is InChI=1S/C23H22N4OS/c1-16-5-3-4-6-19(16)15-29-23-26-20-11-12-25-13-21(20)27(23)14-17-7-9-18(10-8-17)22(28)24-2/h3-13H,14-15H2,1-2H3,(H,24,28). The summed E-state index contributed by atoms with van der Waals surface area (Å²) in [5, 5.41) is 3.62. The molecular weight excluding hydrogens is 380 g/mol. The number of hydrogen-bond donors (Lipinski definition) is 1. The molecule has 2 heterocycles. The fourth-order valence-corrected chi connectivity index (χ4v) is 4.30. The van der Waals surface area contributed by atoms with Gasteiger partial charge in [0, 0.05) is 24.6 Å². The highest BCUT2D eigenvalue weighted by molar-refractivity contribution is 7.98. The summed E-state index contributed by atoms with van der Waals surface area (Å²) in [5.41, 5.74) is 6.31. The molecule has 0 radical (unpaired) electrons. The van der Waals surface area contributed by atoms with Gasteiger partial charge in [-0.1, -0.05) is 48.2 Å². The molecule has 146 valence electrons. The van der Waals surface area contributed by atoms with Crippen molar-refractivity contribution in [3.05, 3.63) is 89.2 Å². The van der Waals surface area contributed by atoms with Crippen LogP contribution in [0.4, 0.5) is 0 Å². The van der Waals surface area contributed by atoms with E-state index in [1.807, 2.05) is 36.5 Å². The molecule has 0 aliphatic carbocycles. The van der Waals surface area contributed by atoms with Crippen molar-refractivity contribution in [2.24, 2.45) is 0 Å². The van der Waals surface area contributed by atoms with Crippen LogP contribution in [-0.2, 0) is 12.3 Å². The van der Waals surface area contributed by atoms with Gasteiger partial charge in [-0.05, 0) is 41.8 Å². The zero-order valence-corrected chi connectivity index (χ0v) is 17.2. The van der Waals surface area contributed by atoms with Gasteiger partial charge in [0.2, 0.25) is 0 Å². The Morgan fingerprint density at radius 3 is 2.66 bits per heavy atom.